The molecule has 3 aromatic rings. The Bertz CT molecular complexity index is 629. The number of hydrogen-bond donors (Lipinski definition) is 1. The van der Waals surface area contributed by atoms with Gasteiger partial charge in [0.25, 0.3) is 0 Å². The lowest BCUT2D eigenvalue weighted by molar-refractivity contribution is 0.474. The van der Waals surface area contributed by atoms with Gasteiger partial charge in [-0.2, -0.15) is 0 Å². The van der Waals surface area contributed by atoms with Gasteiger partial charge in [-0.05, 0) is 30.7 Å². The van der Waals surface area contributed by atoms with Gasteiger partial charge in [-0.1, -0.05) is 6.92 Å². The lowest BCUT2D eigenvalue weighted by Crippen LogP contribution is -2.09. The summed E-state index contributed by atoms with van der Waals surface area (Å²) < 4.78 is 7.31. The fourth-order valence-corrected chi connectivity index (χ4v) is 2.08. The van der Waals surface area contributed by atoms with E-state index < -0.39 is 0 Å². The predicted molar refractivity (Wildman–Crippen MR) is 76.7 cm³/mol. The first-order valence-electron chi connectivity index (χ1n) is 6.61. The quantitative estimate of drug-likeness (QED) is 0.770. The number of furan rings is 1. The number of pyridine rings is 1. The summed E-state index contributed by atoms with van der Waals surface area (Å²) >= 11 is 0. The molecule has 0 spiro atoms. The maximum absolute atomic E-state index is 5.45. The van der Waals surface area contributed by atoms with Gasteiger partial charge in [-0.15, -0.1) is 0 Å². The number of rotatable bonds is 5. The molecule has 3 heterocycles. The second-order valence-corrected chi connectivity index (χ2v) is 4.50. The Morgan fingerprint density at radius 2 is 2.30 bits per heavy atom. The molecule has 0 bridgehead atoms. The topological polar surface area (TPSA) is 55.9 Å². The van der Waals surface area contributed by atoms with E-state index in [2.05, 4.69) is 22.2 Å². The van der Waals surface area contributed by atoms with Crippen LogP contribution in [0.3, 0.4) is 0 Å². The van der Waals surface area contributed by atoms with E-state index in [1.807, 2.05) is 41.2 Å². The van der Waals surface area contributed by atoms with E-state index in [1.54, 1.807) is 18.8 Å². The average Bonchev–Trinajstić information content (AvgIpc) is 3.18. The average molecular weight is 268 g/mol. The number of hydrogen-bond acceptors (Lipinski definition) is 4. The van der Waals surface area contributed by atoms with Crippen molar-refractivity contribution in [2.24, 2.45) is 0 Å². The Hall–Kier alpha value is -2.56. The van der Waals surface area contributed by atoms with Crippen LogP contribution in [0.1, 0.15) is 25.1 Å². The van der Waals surface area contributed by atoms with Gasteiger partial charge >= 0.3 is 0 Å². The van der Waals surface area contributed by atoms with Crippen molar-refractivity contribution in [2.45, 2.75) is 19.4 Å². The molecule has 0 aliphatic carbocycles. The predicted octanol–water partition coefficient (Wildman–Crippen LogP) is 3.42. The Morgan fingerprint density at radius 3 is 2.90 bits per heavy atom. The molecule has 0 saturated carbocycles. The van der Waals surface area contributed by atoms with Crippen LogP contribution < -0.4 is 5.32 Å². The Kier molecular flexibility index (Phi) is 3.50. The summed E-state index contributed by atoms with van der Waals surface area (Å²) in [6, 6.07) is 8.01. The van der Waals surface area contributed by atoms with Crippen molar-refractivity contribution in [1.82, 2.24) is 14.5 Å². The fraction of sp³-hybridized carbons (Fsp3) is 0.200. The van der Waals surface area contributed by atoms with Gasteiger partial charge in [-0.25, -0.2) is 9.97 Å². The van der Waals surface area contributed by atoms with Crippen LogP contribution in [-0.4, -0.2) is 14.5 Å². The minimum absolute atomic E-state index is 0.158. The molecule has 5 heteroatoms. The van der Waals surface area contributed by atoms with E-state index in [4.69, 9.17) is 4.42 Å². The summed E-state index contributed by atoms with van der Waals surface area (Å²) in [6.07, 6.45) is 9.79. The van der Waals surface area contributed by atoms with Crippen LogP contribution in [0.15, 0.2) is 59.9 Å². The molecule has 20 heavy (non-hydrogen) atoms. The van der Waals surface area contributed by atoms with Crippen molar-refractivity contribution in [3.05, 3.63) is 61.2 Å². The number of imidazole rings is 1. The van der Waals surface area contributed by atoms with Crippen molar-refractivity contribution >= 4 is 5.69 Å². The van der Waals surface area contributed by atoms with Crippen LogP contribution in [0.5, 0.6) is 0 Å². The molecule has 3 rings (SSSR count). The number of anilines is 1. The summed E-state index contributed by atoms with van der Waals surface area (Å²) in [4.78, 5) is 8.43. The minimum atomic E-state index is 0.158. The van der Waals surface area contributed by atoms with Crippen molar-refractivity contribution in [3.63, 3.8) is 0 Å². The molecule has 3 aromatic heterocycles. The van der Waals surface area contributed by atoms with Crippen molar-refractivity contribution in [1.29, 1.82) is 0 Å². The maximum Gasteiger partial charge on any atom is 0.137 e. The highest BCUT2D eigenvalue weighted by atomic mass is 16.3. The normalized spacial score (nSPS) is 12.2. The smallest absolute Gasteiger partial charge is 0.137 e. The third kappa shape index (κ3) is 2.56. The number of aromatic nitrogens is 3. The van der Waals surface area contributed by atoms with Gasteiger partial charge in [0, 0.05) is 12.4 Å². The van der Waals surface area contributed by atoms with Gasteiger partial charge in [0.05, 0.1) is 24.2 Å². The maximum atomic E-state index is 5.45. The molecule has 0 saturated heterocycles. The van der Waals surface area contributed by atoms with Crippen molar-refractivity contribution < 1.29 is 4.42 Å². The zero-order valence-corrected chi connectivity index (χ0v) is 11.2. The van der Waals surface area contributed by atoms with E-state index in [-0.39, 0.29) is 6.04 Å². The van der Waals surface area contributed by atoms with Crippen molar-refractivity contribution in [2.75, 3.05) is 5.32 Å². The van der Waals surface area contributed by atoms with Crippen LogP contribution >= 0.6 is 0 Å². The SMILES string of the molecule is CCC(Nc1ccc(-n2ccnc2)nc1)c1ccco1. The highest BCUT2D eigenvalue weighted by Crippen LogP contribution is 2.22. The highest BCUT2D eigenvalue weighted by molar-refractivity contribution is 5.45. The van der Waals surface area contributed by atoms with Gasteiger partial charge in [0.15, 0.2) is 0 Å². The van der Waals surface area contributed by atoms with Crippen LogP contribution in [0.4, 0.5) is 5.69 Å². The van der Waals surface area contributed by atoms with Crippen LogP contribution in [-0.2, 0) is 0 Å². The molecule has 1 unspecified atom stereocenters. The number of nitrogens with zero attached hydrogens (tertiary/aromatic N) is 3. The lowest BCUT2D eigenvalue weighted by Gasteiger charge is -2.15. The van der Waals surface area contributed by atoms with Crippen LogP contribution in [0, 0.1) is 0 Å². The van der Waals surface area contributed by atoms with E-state index in [0.717, 1.165) is 23.7 Å². The molecule has 1 atom stereocenters. The molecule has 0 aliphatic heterocycles. The first kappa shape index (κ1) is 12.5. The van der Waals surface area contributed by atoms with Gasteiger partial charge in [-0.3, -0.25) is 4.57 Å². The summed E-state index contributed by atoms with van der Waals surface area (Å²) in [5.74, 6) is 1.78. The number of nitrogens with one attached hydrogen (secondary N) is 1. The highest BCUT2D eigenvalue weighted by Gasteiger charge is 2.11. The van der Waals surface area contributed by atoms with Gasteiger partial charge in [0.2, 0.25) is 0 Å². The first-order valence-corrected chi connectivity index (χ1v) is 6.61. The van der Waals surface area contributed by atoms with E-state index in [9.17, 15) is 0 Å². The summed E-state index contributed by atoms with van der Waals surface area (Å²) in [5.41, 5.74) is 0.970. The standard InChI is InChI=1S/C15H16N4O/c1-2-13(14-4-3-9-20-14)18-12-5-6-15(17-10-12)19-8-7-16-11-19/h3-11,13,18H,2H2,1H3. The van der Waals surface area contributed by atoms with Gasteiger partial charge < -0.3 is 9.73 Å². The van der Waals surface area contributed by atoms with Crippen LogP contribution in [0.2, 0.25) is 0 Å². The minimum Gasteiger partial charge on any atom is -0.467 e. The second-order valence-electron chi connectivity index (χ2n) is 4.50. The summed E-state index contributed by atoms with van der Waals surface area (Å²) in [5, 5.41) is 3.42. The lowest BCUT2D eigenvalue weighted by atomic mass is 10.1. The van der Waals surface area contributed by atoms with Crippen LogP contribution in [0.25, 0.3) is 5.82 Å². The molecule has 102 valence electrons. The molecule has 5 nitrogen and oxygen atoms in total. The molecule has 0 aliphatic rings. The van der Waals surface area contributed by atoms with Gasteiger partial charge in [0.1, 0.15) is 17.9 Å². The molecular formula is C15H16N4O. The molecule has 0 aromatic carbocycles. The molecule has 0 amide bonds. The van der Waals surface area contributed by atoms with Crippen molar-refractivity contribution in [3.8, 4) is 5.82 Å². The molecule has 1 N–H and O–H groups in total. The third-order valence-electron chi connectivity index (χ3n) is 3.15. The monoisotopic (exact) mass is 268 g/mol. The molecule has 0 radical (unpaired) electrons. The largest absolute Gasteiger partial charge is 0.467 e. The second kappa shape index (κ2) is 5.61. The molecule has 0 fully saturated rings. The Labute approximate surface area is 117 Å². The zero-order valence-electron chi connectivity index (χ0n) is 11.2. The first-order chi connectivity index (χ1) is 9.86. The Morgan fingerprint density at radius 1 is 1.35 bits per heavy atom. The van der Waals surface area contributed by atoms with E-state index >= 15 is 0 Å². The third-order valence-corrected chi connectivity index (χ3v) is 3.15. The Balaban J connectivity index is 1.75. The fourth-order valence-electron chi connectivity index (χ4n) is 2.08. The summed E-state index contributed by atoms with van der Waals surface area (Å²) in [7, 11) is 0. The van der Waals surface area contributed by atoms with E-state index in [0.29, 0.717) is 0 Å². The zero-order chi connectivity index (χ0) is 13.8. The summed E-state index contributed by atoms with van der Waals surface area (Å²) in [6.45, 7) is 2.12. The molecular weight excluding hydrogens is 252 g/mol. The van der Waals surface area contributed by atoms with E-state index in [1.165, 1.54) is 0 Å².